The molecule has 7 heteroatoms. The Hall–Kier alpha value is -3.09. The maximum absolute atomic E-state index is 12.8. The molecule has 1 fully saturated rings. The highest BCUT2D eigenvalue weighted by molar-refractivity contribution is 5.76. The van der Waals surface area contributed by atoms with Gasteiger partial charge in [0.15, 0.2) is 5.89 Å². The summed E-state index contributed by atoms with van der Waals surface area (Å²) in [7, 11) is 1.67. The molecule has 1 aromatic carbocycles. The number of benzene rings is 1. The number of piperidine rings is 1. The molecule has 0 saturated carbocycles. The molecule has 1 amide bonds. The van der Waals surface area contributed by atoms with Crippen LogP contribution in [-0.4, -0.2) is 45.8 Å². The third-order valence-corrected chi connectivity index (χ3v) is 5.64. The number of hydrogen-bond acceptors (Lipinski definition) is 5. The predicted octanol–water partition coefficient (Wildman–Crippen LogP) is 3.49. The summed E-state index contributed by atoms with van der Waals surface area (Å²) >= 11 is 0. The van der Waals surface area contributed by atoms with Crippen LogP contribution in [0.4, 0.5) is 0 Å². The number of rotatable bonds is 6. The molecule has 1 atom stereocenters. The molecule has 3 aromatic rings. The molecule has 0 bridgehead atoms. The summed E-state index contributed by atoms with van der Waals surface area (Å²) in [5, 5.41) is 4.41. The fraction of sp³-hybridized carbons (Fsp3) is 0.435. The average Bonchev–Trinajstić information content (AvgIpc) is 3.34. The second-order valence-electron chi connectivity index (χ2n) is 7.92. The molecule has 1 aliphatic rings. The number of nitrogens with zero attached hydrogens (tertiary/aromatic N) is 4. The molecule has 30 heavy (non-hydrogen) atoms. The molecular weight excluding hydrogens is 380 g/mol. The average molecular weight is 409 g/mol. The highest BCUT2D eigenvalue weighted by atomic mass is 16.5. The van der Waals surface area contributed by atoms with Gasteiger partial charge in [0.05, 0.1) is 24.9 Å². The van der Waals surface area contributed by atoms with E-state index in [1.165, 1.54) is 0 Å². The number of aryl methyl sites for hydroxylation is 2. The molecule has 0 radical (unpaired) electrons. The number of methoxy groups -OCH3 is 1. The Labute approximate surface area is 176 Å². The molecule has 0 spiro atoms. The van der Waals surface area contributed by atoms with E-state index in [0.717, 1.165) is 47.8 Å². The summed E-state index contributed by atoms with van der Waals surface area (Å²) in [6.45, 7) is 5.59. The molecule has 0 aliphatic carbocycles. The first-order valence-electron chi connectivity index (χ1n) is 10.4. The van der Waals surface area contributed by atoms with E-state index in [2.05, 4.69) is 10.1 Å². The molecule has 0 unspecified atom stereocenters. The van der Waals surface area contributed by atoms with Crippen LogP contribution in [0.3, 0.4) is 0 Å². The zero-order valence-electron chi connectivity index (χ0n) is 17.8. The first-order chi connectivity index (χ1) is 14.5. The zero-order chi connectivity index (χ0) is 21.1. The number of para-hydroxylation sites is 1. The highest BCUT2D eigenvalue weighted by Gasteiger charge is 2.28. The molecule has 2 aromatic heterocycles. The van der Waals surface area contributed by atoms with Gasteiger partial charge in [-0.15, -0.1) is 0 Å². The van der Waals surface area contributed by atoms with Crippen LogP contribution in [0, 0.1) is 13.8 Å². The predicted molar refractivity (Wildman–Crippen MR) is 113 cm³/mol. The molecule has 1 saturated heterocycles. The number of carbonyl (C=O) groups excluding carboxylic acids is 1. The van der Waals surface area contributed by atoms with Gasteiger partial charge in [-0.2, -0.15) is 5.10 Å². The Bertz CT molecular complexity index is 1020. The second-order valence-corrected chi connectivity index (χ2v) is 7.92. The fourth-order valence-electron chi connectivity index (χ4n) is 4.10. The number of likely N-dealkylation sites (tertiary alicyclic amines) is 1. The van der Waals surface area contributed by atoms with Crippen LogP contribution in [-0.2, 0) is 17.8 Å². The van der Waals surface area contributed by atoms with Gasteiger partial charge in [0.1, 0.15) is 18.1 Å². The molecule has 7 nitrogen and oxygen atoms in total. The maximum Gasteiger partial charge on any atom is 0.244 e. The van der Waals surface area contributed by atoms with Crippen molar-refractivity contribution in [3.8, 4) is 5.75 Å². The summed E-state index contributed by atoms with van der Waals surface area (Å²) in [6.07, 6.45) is 4.33. The van der Waals surface area contributed by atoms with Crippen LogP contribution in [0.2, 0.25) is 0 Å². The number of ether oxygens (including phenoxy) is 1. The number of amides is 1. The van der Waals surface area contributed by atoms with E-state index >= 15 is 0 Å². The SMILES string of the molecule is COc1ccccc1Cc1cnc([C@H]2CCCN(C(=O)Cn3nc(C)cc3C)C2)o1. The van der Waals surface area contributed by atoms with Gasteiger partial charge in [0.2, 0.25) is 5.91 Å². The Morgan fingerprint density at radius 2 is 2.13 bits per heavy atom. The van der Waals surface area contributed by atoms with E-state index in [1.54, 1.807) is 18.0 Å². The van der Waals surface area contributed by atoms with Gasteiger partial charge in [-0.3, -0.25) is 9.48 Å². The zero-order valence-corrected chi connectivity index (χ0v) is 17.8. The van der Waals surface area contributed by atoms with Crippen molar-refractivity contribution in [1.82, 2.24) is 19.7 Å². The smallest absolute Gasteiger partial charge is 0.244 e. The minimum Gasteiger partial charge on any atom is -0.496 e. The number of oxazole rings is 1. The van der Waals surface area contributed by atoms with Crippen molar-refractivity contribution in [2.45, 2.75) is 45.6 Å². The number of aromatic nitrogens is 3. The van der Waals surface area contributed by atoms with Crippen LogP contribution in [0.5, 0.6) is 5.75 Å². The standard InChI is InChI=1S/C23H28N4O3/c1-16-11-17(2)27(25-16)15-22(28)26-10-6-8-19(14-26)23-24-13-20(30-23)12-18-7-4-5-9-21(18)29-3/h4-5,7,9,11,13,19H,6,8,10,12,14-15H2,1-3H3/t19-/m0/s1. The first kappa shape index (κ1) is 20.2. The monoisotopic (exact) mass is 408 g/mol. The van der Waals surface area contributed by atoms with Gasteiger partial charge in [-0.25, -0.2) is 4.98 Å². The molecular formula is C23H28N4O3. The van der Waals surface area contributed by atoms with Crippen LogP contribution in [0.25, 0.3) is 0 Å². The lowest BCUT2D eigenvalue weighted by molar-refractivity contribution is -0.133. The van der Waals surface area contributed by atoms with Crippen molar-refractivity contribution in [3.05, 3.63) is 65.1 Å². The highest BCUT2D eigenvalue weighted by Crippen LogP contribution is 2.28. The van der Waals surface area contributed by atoms with Crippen molar-refractivity contribution in [2.75, 3.05) is 20.2 Å². The lowest BCUT2D eigenvalue weighted by Gasteiger charge is -2.31. The van der Waals surface area contributed by atoms with Gasteiger partial charge >= 0.3 is 0 Å². The lowest BCUT2D eigenvalue weighted by atomic mass is 9.98. The van der Waals surface area contributed by atoms with Crippen LogP contribution >= 0.6 is 0 Å². The second kappa shape index (κ2) is 8.73. The van der Waals surface area contributed by atoms with Crippen LogP contribution in [0.1, 0.15) is 47.4 Å². The normalized spacial score (nSPS) is 16.6. The Kier molecular flexibility index (Phi) is 5.88. The Morgan fingerprint density at radius 3 is 2.90 bits per heavy atom. The lowest BCUT2D eigenvalue weighted by Crippen LogP contribution is -2.41. The quantitative estimate of drug-likeness (QED) is 0.624. The van der Waals surface area contributed by atoms with Crippen molar-refractivity contribution in [1.29, 1.82) is 0 Å². The van der Waals surface area contributed by atoms with E-state index in [9.17, 15) is 4.79 Å². The van der Waals surface area contributed by atoms with Gasteiger partial charge in [-0.1, -0.05) is 18.2 Å². The number of hydrogen-bond donors (Lipinski definition) is 0. The Balaban J connectivity index is 1.41. The third kappa shape index (κ3) is 4.40. The third-order valence-electron chi connectivity index (χ3n) is 5.64. The van der Waals surface area contributed by atoms with Crippen LogP contribution < -0.4 is 4.74 Å². The minimum absolute atomic E-state index is 0.0895. The van der Waals surface area contributed by atoms with E-state index < -0.39 is 0 Å². The van der Waals surface area contributed by atoms with Crippen molar-refractivity contribution in [3.63, 3.8) is 0 Å². The molecule has 158 valence electrons. The first-order valence-corrected chi connectivity index (χ1v) is 10.4. The van der Waals surface area contributed by atoms with E-state index in [1.807, 2.05) is 49.1 Å². The van der Waals surface area contributed by atoms with Crippen molar-refractivity contribution < 1.29 is 13.9 Å². The summed E-state index contributed by atoms with van der Waals surface area (Å²) in [6, 6.07) is 9.90. The topological polar surface area (TPSA) is 73.4 Å². The van der Waals surface area contributed by atoms with E-state index in [-0.39, 0.29) is 18.4 Å². The van der Waals surface area contributed by atoms with Crippen molar-refractivity contribution >= 4 is 5.91 Å². The summed E-state index contributed by atoms with van der Waals surface area (Å²) in [5.41, 5.74) is 3.00. The van der Waals surface area contributed by atoms with Crippen molar-refractivity contribution in [2.24, 2.45) is 0 Å². The largest absolute Gasteiger partial charge is 0.496 e. The molecule has 1 aliphatic heterocycles. The number of carbonyl (C=O) groups is 1. The molecule has 0 N–H and O–H groups in total. The molecule has 4 rings (SSSR count). The summed E-state index contributed by atoms with van der Waals surface area (Å²) in [4.78, 5) is 19.3. The molecule has 3 heterocycles. The minimum atomic E-state index is 0.0895. The fourth-order valence-corrected chi connectivity index (χ4v) is 4.10. The summed E-state index contributed by atoms with van der Waals surface area (Å²) < 4.78 is 13.3. The summed E-state index contributed by atoms with van der Waals surface area (Å²) in [5.74, 6) is 2.57. The van der Waals surface area contributed by atoms with E-state index in [4.69, 9.17) is 9.15 Å². The van der Waals surface area contributed by atoms with Gasteiger partial charge < -0.3 is 14.1 Å². The van der Waals surface area contributed by atoms with Gasteiger partial charge in [0.25, 0.3) is 0 Å². The van der Waals surface area contributed by atoms with Gasteiger partial charge in [0, 0.05) is 30.8 Å². The Morgan fingerprint density at radius 1 is 1.30 bits per heavy atom. The maximum atomic E-state index is 12.8. The van der Waals surface area contributed by atoms with Crippen LogP contribution in [0.15, 0.2) is 40.9 Å². The van der Waals surface area contributed by atoms with E-state index in [0.29, 0.717) is 18.9 Å². The van der Waals surface area contributed by atoms with Gasteiger partial charge in [-0.05, 0) is 38.8 Å².